The van der Waals surface area contributed by atoms with Crippen molar-refractivity contribution in [2.45, 2.75) is 19.4 Å². The van der Waals surface area contributed by atoms with E-state index in [1.165, 1.54) is 4.31 Å². The van der Waals surface area contributed by atoms with E-state index in [4.69, 9.17) is 5.73 Å². The molecule has 1 aliphatic rings. The molecule has 1 aliphatic heterocycles. The Kier molecular flexibility index (Phi) is 4.22. The van der Waals surface area contributed by atoms with Crippen molar-refractivity contribution in [3.63, 3.8) is 0 Å². The molecule has 1 aromatic heterocycles. The maximum absolute atomic E-state index is 12.0. The van der Waals surface area contributed by atoms with Crippen molar-refractivity contribution in [2.24, 2.45) is 11.7 Å². The number of aromatic nitrogens is 4. The third-order valence-electron chi connectivity index (χ3n) is 2.96. The average Bonchev–Trinajstić information content (AvgIpc) is 2.90. The third-order valence-corrected chi connectivity index (χ3v) is 4.48. The van der Waals surface area contributed by atoms with E-state index in [-0.39, 0.29) is 12.5 Å². The van der Waals surface area contributed by atoms with Crippen LogP contribution in [0.15, 0.2) is 0 Å². The largest absolute Gasteiger partial charge is 0.330 e. The van der Waals surface area contributed by atoms with Gasteiger partial charge in [0, 0.05) is 13.1 Å². The number of aromatic amines is 1. The first-order valence-electron chi connectivity index (χ1n) is 5.79. The molecule has 2 heterocycles. The summed E-state index contributed by atoms with van der Waals surface area (Å²) in [7, 11) is -3.50. The van der Waals surface area contributed by atoms with Crippen molar-refractivity contribution in [2.75, 3.05) is 19.6 Å². The molecule has 1 saturated heterocycles. The van der Waals surface area contributed by atoms with Gasteiger partial charge in [-0.05, 0) is 25.3 Å². The minimum Gasteiger partial charge on any atom is -0.330 e. The lowest BCUT2D eigenvalue weighted by Gasteiger charge is -2.31. The molecule has 0 aromatic carbocycles. The molecule has 18 heavy (non-hydrogen) atoms. The molecule has 1 fully saturated rings. The zero-order valence-electron chi connectivity index (χ0n) is 9.91. The summed E-state index contributed by atoms with van der Waals surface area (Å²) in [5, 5.41) is 13.0. The van der Waals surface area contributed by atoms with Crippen LogP contribution < -0.4 is 10.5 Å². The summed E-state index contributed by atoms with van der Waals surface area (Å²) in [5.41, 5.74) is 5.59. The number of hydrogen-bond acceptors (Lipinski definition) is 6. The number of rotatable bonds is 5. The van der Waals surface area contributed by atoms with E-state index >= 15 is 0 Å². The van der Waals surface area contributed by atoms with E-state index in [2.05, 4.69) is 25.3 Å². The molecule has 1 aromatic rings. The van der Waals surface area contributed by atoms with Gasteiger partial charge in [-0.2, -0.15) is 22.7 Å². The summed E-state index contributed by atoms with van der Waals surface area (Å²) in [6.07, 6.45) is 1.82. The topological polar surface area (TPSA) is 130 Å². The lowest BCUT2D eigenvalue weighted by Crippen LogP contribution is -2.47. The molecule has 10 heteroatoms. The number of tetrazole rings is 1. The first kappa shape index (κ1) is 13.3. The van der Waals surface area contributed by atoms with E-state index in [9.17, 15) is 8.42 Å². The molecule has 0 radical (unpaired) electrons. The van der Waals surface area contributed by atoms with E-state index in [0.29, 0.717) is 25.5 Å². The fraction of sp³-hybridized carbons (Fsp3) is 0.875. The smallest absolute Gasteiger partial charge is 0.279 e. The SMILES string of the molecule is NCC1CCCN(S(=O)(=O)NCc2nn[nH]n2)C1. The van der Waals surface area contributed by atoms with Gasteiger partial charge in [0.25, 0.3) is 10.2 Å². The highest BCUT2D eigenvalue weighted by Gasteiger charge is 2.28. The van der Waals surface area contributed by atoms with Gasteiger partial charge in [0.1, 0.15) is 0 Å². The minimum absolute atomic E-state index is 0.0304. The zero-order chi connectivity index (χ0) is 13.0. The van der Waals surface area contributed by atoms with E-state index < -0.39 is 10.2 Å². The van der Waals surface area contributed by atoms with Crippen LogP contribution in [0.25, 0.3) is 0 Å². The van der Waals surface area contributed by atoms with Gasteiger partial charge in [-0.15, -0.1) is 10.2 Å². The highest BCUT2D eigenvalue weighted by atomic mass is 32.2. The van der Waals surface area contributed by atoms with Crippen molar-refractivity contribution in [1.29, 1.82) is 0 Å². The maximum Gasteiger partial charge on any atom is 0.279 e. The molecule has 0 bridgehead atoms. The summed E-state index contributed by atoms with van der Waals surface area (Å²) >= 11 is 0. The van der Waals surface area contributed by atoms with Gasteiger partial charge in [-0.1, -0.05) is 5.21 Å². The second kappa shape index (κ2) is 5.69. The van der Waals surface area contributed by atoms with E-state index in [1.54, 1.807) is 0 Å². The Morgan fingerprint density at radius 1 is 1.56 bits per heavy atom. The van der Waals surface area contributed by atoms with Crippen LogP contribution in [0.1, 0.15) is 18.7 Å². The van der Waals surface area contributed by atoms with Crippen LogP contribution >= 0.6 is 0 Å². The summed E-state index contributed by atoms with van der Waals surface area (Å²) in [4.78, 5) is 0. The van der Waals surface area contributed by atoms with Gasteiger partial charge in [-0.3, -0.25) is 0 Å². The van der Waals surface area contributed by atoms with Gasteiger partial charge >= 0.3 is 0 Å². The quantitative estimate of drug-likeness (QED) is 0.581. The number of piperidine rings is 1. The lowest BCUT2D eigenvalue weighted by molar-refractivity contribution is 0.268. The molecule has 9 nitrogen and oxygen atoms in total. The molecule has 1 atom stereocenters. The molecule has 4 N–H and O–H groups in total. The summed E-state index contributed by atoms with van der Waals surface area (Å²) in [5.74, 6) is 0.548. The van der Waals surface area contributed by atoms with Crippen LogP contribution in [0.2, 0.25) is 0 Å². The van der Waals surface area contributed by atoms with Crippen LogP contribution in [0.3, 0.4) is 0 Å². The van der Waals surface area contributed by atoms with Gasteiger partial charge in [0.2, 0.25) is 0 Å². The lowest BCUT2D eigenvalue weighted by atomic mass is 10.0. The summed E-state index contributed by atoms with van der Waals surface area (Å²) < 4.78 is 27.9. The number of hydrogen-bond donors (Lipinski definition) is 3. The van der Waals surface area contributed by atoms with Crippen molar-refractivity contribution in [3.8, 4) is 0 Å². The Hall–Kier alpha value is -1.10. The van der Waals surface area contributed by atoms with Crippen molar-refractivity contribution in [1.82, 2.24) is 29.7 Å². The zero-order valence-corrected chi connectivity index (χ0v) is 10.7. The Balaban J connectivity index is 1.93. The monoisotopic (exact) mass is 275 g/mol. The average molecular weight is 275 g/mol. The highest BCUT2D eigenvalue weighted by molar-refractivity contribution is 7.87. The maximum atomic E-state index is 12.0. The number of nitrogens with zero attached hydrogens (tertiary/aromatic N) is 4. The molecule has 0 saturated carbocycles. The number of nitrogens with one attached hydrogen (secondary N) is 2. The predicted octanol–water partition coefficient (Wildman–Crippen LogP) is -1.80. The van der Waals surface area contributed by atoms with Crippen LogP contribution in [-0.2, 0) is 16.8 Å². The van der Waals surface area contributed by atoms with Crippen LogP contribution in [0.4, 0.5) is 0 Å². The first-order chi connectivity index (χ1) is 8.62. The summed E-state index contributed by atoms with van der Waals surface area (Å²) in [6, 6.07) is 0. The molecule has 0 aliphatic carbocycles. The van der Waals surface area contributed by atoms with Gasteiger partial charge in [0.15, 0.2) is 5.82 Å². The van der Waals surface area contributed by atoms with Crippen LogP contribution in [0.5, 0.6) is 0 Å². The molecule has 102 valence electrons. The first-order valence-corrected chi connectivity index (χ1v) is 7.23. The van der Waals surface area contributed by atoms with Gasteiger partial charge in [-0.25, -0.2) is 0 Å². The predicted molar refractivity (Wildman–Crippen MR) is 63.3 cm³/mol. The fourth-order valence-electron chi connectivity index (χ4n) is 1.94. The third kappa shape index (κ3) is 3.22. The van der Waals surface area contributed by atoms with Crippen molar-refractivity contribution in [3.05, 3.63) is 5.82 Å². The van der Waals surface area contributed by atoms with Crippen molar-refractivity contribution >= 4 is 10.2 Å². The van der Waals surface area contributed by atoms with Gasteiger partial charge in [0.05, 0.1) is 6.54 Å². The summed E-state index contributed by atoms with van der Waals surface area (Å²) in [6.45, 7) is 1.54. The molecular weight excluding hydrogens is 258 g/mol. The van der Waals surface area contributed by atoms with Crippen LogP contribution in [0, 0.1) is 5.92 Å². The molecule has 0 amide bonds. The second-order valence-electron chi connectivity index (χ2n) is 4.26. The van der Waals surface area contributed by atoms with Gasteiger partial charge < -0.3 is 5.73 Å². The van der Waals surface area contributed by atoms with E-state index in [0.717, 1.165) is 12.8 Å². The minimum atomic E-state index is -3.50. The Bertz CT molecular complexity index is 460. The Labute approximate surface area is 105 Å². The number of nitrogens with two attached hydrogens (primary N) is 1. The fourth-order valence-corrected chi connectivity index (χ4v) is 3.21. The Morgan fingerprint density at radius 2 is 2.39 bits per heavy atom. The molecule has 0 spiro atoms. The Morgan fingerprint density at radius 3 is 3.06 bits per heavy atom. The second-order valence-corrected chi connectivity index (χ2v) is 6.01. The standard InChI is InChI=1S/C8H17N7O2S/c9-4-7-2-1-3-15(6-7)18(16,17)10-5-8-11-13-14-12-8/h7,10H,1-6,9H2,(H,11,12,13,14). The molecule has 2 rings (SSSR count). The molecular formula is C8H17N7O2S. The molecule has 1 unspecified atom stereocenters. The highest BCUT2D eigenvalue weighted by Crippen LogP contribution is 2.17. The van der Waals surface area contributed by atoms with Crippen LogP contribution in [-0.4, -0.2) is 53.0 Å². The van der Waals surface area contributed by atoms with E-state index in [1.807, 2.05) is 0 Å². The normalized spacial score (nSPS) is 22.2. The number of H-pyrrole nitrogens is 1. The van der Waals surface area contributed by atoms with Crippen molar-refractivity contribution < 1.29 is 8.42 Å².